The topological polar surface area (TPSA) is 90.2 Å². The van der Waals surface area contributed by atoms with E-state index in [0.717, 1.165) is 21.0 Å². The molecule has 0 unspecified atom stereocenters. The molecule has 37 heavy (non-hydrogen) atoms. The zero-order valence-corrected chi connectivity index (χ0v) is 22.6. The molecule has 0 N–H and O–H groups in total. The molecule has 1 aliphatic rings. The lowest BCUT2D eigenvalue weighted by Crippen LogP contribution is -2.48. The lowest BCUT2D eigenvalue weighted by Gasteiger charge is -2.34. The fraction of sp³-hybridized carbons (Fsp3) is 0.333. The summed E-state index contributed by atoms with van der Waals surface area (Å²) < 4.78 is 41.7. The average molecular weight is 540 g/mol. The molecule has 1 aliphatic heterocycles. The van der Waals surface area contributed by atoms with E-state index in [4.69, 9.17) is 9.47 Å². The van der Waals surface area contributed by atoms with Gasteiger partial charge in [-0.05, 0) is 49.6 Å². The first-order valence-electron chi connectivity index (χ1n) is 12.1. The van der Waals surface area contributed by atoms with Crippen molar-refractivity contribution in [1.29, 1.82) is 0 Å². The molecule has 3 aromatic carbocycles. The number of ether oxygens (including phenoxy) is 2. The molecule has 1 amide bonds. The Labute approximate surface area is 219 Å². The molecule has 4 aromatic rings. The third-order valence-electron chi connectivity index (χ3n) is 6.42. The van der Waals surface area contributed by atoms with Crippen molar-refractivity contribution in [3.05, 3.63) is 71.0 Å². The van der Waals surface area contributed by atoms with E-state index < -0.39 is 15.9 Å². The van der Waals surface area contributed by atoms with Gasteiger partial charge in [-0.1, -0.05) is 41.7 Å². The van der Waals surface area contributed by atoms with Crippen LogP contribution in [-0.4, -0.2) is 62.2 Å². The Balaban J connectivity index is 1.49. The Hall–Kier alpha value is -2.89. The standard InChI is InChI=1S/C27H29N3O5S2/c1-18-16-29(17-19(2)35-18)37(32,33)22-11-8-21(9-12-22)26(31)28-27-30(14-15-34-3)24-13-10-20-6-4-5-7-23(20)25(24)36-27/h4-13,18-19H,14-17H2,1-3H3/t18-,19-/m0/s1. The molecular weight excluding hydrogens is 510 g/mol. The van der Waals surface area contributed by atoms with E-state index in [9.17, 15) is 13.2 Å². The van der Waals surface area contributed by atoms with Gasteiger partial charge in [-0.2, -0.15) is 9.30 Å². The van der Waals surface area contributed by atoms with Crippen molar-refractivity contribution >= 4 is 48.3 Å². The molecule has 5 rings (SSSR count). The molecule has 10 heteroatoms. The predicted molar refractivity (Wildman–Crippen MR) is 144 cm³/mol. The second-order valence-electron chi connectivity index (χ2n) is 9.18. The van der Waals surface area contributed by atoms with Crippen LogP contribution in [0.3, 0.4) is 0 Å². The van der Waals surface area contributed by atoms with Gasteiger partial charge in [0.1, 0.15) is 0 Å². The minimum Gasteiger partial charge on any atom is -0.383 e. The van der Waals surface area contributed by atoms with Crippen LogP contribution in [0.4, 0.5) is 0 Å². The van der Waals surface area contributed by atoms with Gasteiger partial charge in [0.25, 0.3) is 5.91 Å². The van der Waals surface area contributed by atoms with Gasteiger partial charge in [-0.15, -0.1) is 0 Å². The van der Waals surface area contributed by atoms with Crippen LogP contribution in [0.5, 0.6) is 0 Å². The highest BCUT2D eigenvalue weighted by atomic mass is 32.2. The van der Waals surface area contributed by atoms with Gasteiger partial charge < -0.3 is 14.0 Å². The molecular formula is C27H29N3O5S2. The molecule has 0 spiro atoms. The molecule has 2 atom stereocenters. The first kappa shape index (κ1) is 25.7. The number of benzene rings is 3. The summed E-state index contributed by atoms with van der Waals surface area (Å²) in [4.78, 5) is 18.3. The number of methoxy groups -OCH3 is 1. The highest BCUT2D eigenvalue weighted by molar-refractivity contribution is 7.89. The van der Waals surface area contributed by atoms with Crippen molar-refractivity contribution in [2.45, 2.75) is 37.5 Å². The Bertz CT molecular complexity index is 1610. The molecule has 8 nitrogen and oxygen atoms in total. The first-order valence-corrected chi connectivity index (χ1v) is 14.4. The fourth-order valence-electron chi connectivity index (χ4n) is 4.68. The highest BCUT2D eigenvalue weighted by Gasteiger charge is 2.32. The normalized spacial score (nSPS) is 19.6. The molecule has 0 aliphatic carbocycles. The van der Waals surface area contributed by atoms with Crippen molar-refractivity contribution in [2.24, 2.45) is 4.99 Å². The number of hydrogen-bond acceptors (Lipinski definition) is 6. The fourth-order valence-corrected chi connectivity index (χ4v) is 7.46. The van der Waals surface area contributed by atoms with Gasteiger partial charge in [-0.3, -0.25) is 4.79 Å². The highest BCUT2D eigenvalue weighted by Crippen LogP contribution is 2.28. The van der Waals surface area contributed by atoms with Gasteiger partial charge in [-0.25, -0.2) is 8.42 Å². The maximum atomic E-state index is 13.2. The van der Waals surface area contributed by atoms with Gasteiger partial charge in [0, 0.05) is 37.7 Å². The van der Waals surface area contributed by atoms with Crippen molar-refractivity contribution in [2.75, 3.05) is 26.8 Å². The van der Waals surface area contributed by atoms with Crippen molar-refractivity contribution < 1.29 is 22.7 Å². The minimum absolute atomic E-state index is 0.147. The summed E-state index contributed by atoms with van der Waals surface area (Å²) in [5.41, 5.74) is 1.31. The lowest BCUT2D eigenvalue weighted by molar-refractivity contribution is -0.0440. The third kappa shape index (κ3) is 5.12. The van der Waals surface area contributed by atoms with Crippen LogP contribution in [0.25, 0.3) is 21.0 Å². The maximum absolute atomic E-state index is 13.2. The molecule has 2 heterocycles. The van der Waals surface area contributed by atoms with Gasteiger partial charge in [0.2, 0.25) is 10.0 Å². The summed E-state index contributed by atoms with van der Waals surface area (Å²) in [6, 6.07) is 18.2. The Morgan fingerprint density at radius 3 is 2.46 bits per heavy atom. The molecule has 0 radical (unpaired) electrons. The summed E-state index contributed by atoms with van der Waals surface area (Å²) in [5.74, 6) is -0.431. The van der Waals surface area contributed by atoms with E-state index in [2.05, 4.69) is 23.2 Å². The molecule has 194 valence electrons. The molecule has 1 fully saturated rings. The number of carbonyl (C=O) groups excluding carboxylic acids is 1. The van der Waals surface area contributed by atoms with Crippen LogP contribution in [-0.2, 0) is 26.0 Å². The van der Waals surface area contributed by atoms with Crippen LogP contribution in [0, 0.1) is 0 Å². The van der Waals surface area contributed by atoms with Crippen LogP contribution >= 0.6 is 11.3 Å². The number of sulfonamides is 1. The average Bonchev–Trinajstić information content (AvgIpc) is 3.24. The number of nitrogens with zero attached hydrogens (tertiary/aromatic N) is 3. The number of aromatic nitrogens is 1. The van der Waals surface area contributed by atoms with Gasteiger partial charge >= 0.3 is 0 Å². The SMILES string of the molecule is COCCn1c(=NC(=O)c2ccc(S(=O)(=O)N3C[C@H](C)O[C@@H](C)C3)cc2)sc2c3ccccc3ccc21. The molecule has 1 saturated heterocycles. The van der Waals surface area contributed by atoms with E-state index in [1.807, 2.05) is 36.6 Å². The number of thiazole rings is 1. The number of carbonyl (C=O) groups is 1. The van der Waals surface area contributed by atoms with Crippen molar-refractivity contribution in [1.82, 2.24) is 8.87 Å². The van der Waals surface area contributed by atoms with E-state index in [0.29, 0.717) is 36.6 Å². The van der Waals surface area contributed by atoms with Gasteiger partial charge in [0.05, 0.1) is 33.9 Å². The predicted octanol–water partition coefficient (Wildman–Crippen LogP) is 4.04. The molecule has 0 bridgehead atoms. The summed E-state index contributed by atoms with van der Waals surface area (Å²) in [6.07, 6.45) is -0.359. The number of amides is 1. The Morgan fingerprint density at radius 2 is 1.76 bits per heavy atom. The van der Waals surface area contributed by atoms with Crippen molar-refractivity contribution in [3.63, 3.8) is 0 Å². The largest absolute Gasteiger partial charge is 0.383 e. The summed E-state index contributed by atoms with van der Waals surface area (Å²) in [6.45, 7) is 5.34. The second-order valence-corrected chi connectivity index (χ2v) is 12.1. The summed E-state index contributed by atoms with van der Waals surface area (Å²) >= 11 is 1.46. The van der Waals surface area contributed by atoms with E-state index in [1.165, 1.54) is 39.9 Å². The van der Waals surface area contributed by atoms with Crippen molar-refractivity contribution in [3.8, 4) is 0 Å². The zero-order valence-electron chi connectivity index (χ0n) is 21.0. The number of hydrogen-bond donors (Lipinski definition) is 0. The number of morpholine rings is 1. The molecule has 0 saturated carbocycles. The van der Waals surface area contributed by atoms with Crippen LogP contribution in [0.15, 0.2) is 70.6 Å². The lowest BCUT2D eigenvalue weighted by atomic mass is 10.1. The van der Waals surface area contributed by atoms with E-state index >= 15 is 0 Å². The smallest absolute Gasteiger partial charge is 0.279 e. The molecule has 1 aromatic heterocycles. The van der Waals surface area contributed by atoms with Crippen LogP contribution in [0.2, 0.25) is 0 Å². The maximum Gasteiger partial charge on any atom is 0.279 e. The Kier molecular flexibility index (Phi) is 7.28. The zero-order chi connectivity index (χ0) is 26.2. The monoisotopic (exact) mass is 539 g/mol. The number of rotatable bonds is 6. The van der Waals surface area contributed by atoms with E-state index in [-0.39, 0.29) is 17.1 Å². The summed E-state index contributed by atoms with van der Waals surface area (Å²) in [5, 5.41) is 2.22. The Morgan fingerprint density at radius 1 is 1.05 bits per heavy atom. The third-order valence-corrected chi connectivity index (χ3v) is 9.39. The van der Waals surface area contributed by atoms with E-state index in [1.54, 1.807) is 7.11 Å². The summed E-state index contributed by atoms with van der Waals surface area (Å²) in [7, 11) is -2.05. The quantitative estimate of drug-likeness (QED) is 0.369. The van der Waals surface area contributed by atoms with Crippen LogP contribution in [0.1, 0.15) is 24.2 Å². The first-order chi connectivity index (χ1) is 17.8. The van der Waals surface area contributed by atoms with Gasteiger partial charge in [0.15, 0.2) is 4.80 Å². The number of fused-ring (bicyclic) bond motifs is 3. The second kappa shape index (κ2) is 10.5. The van der Waals surface area contributed by atoms with Crippen LogP contribution < -0.4 is 4.80 Å². The minimum atomic E-state index is -3.69.